The van der Waals surface area contributed by atoms with Crippen LogP contribution >= 0.6 is 0 Å². The molecule has 8 heteroatoms. The fraction of sp³-hybridized carbons (Fsp3) is 0.536. The van der Waals surface area contributed by atoms with Crippen molar-refractivity contribution in [1.82, 2.24) is 10.6 Å². The molecule has 1 aromatic carbocycles. The molecular formula is C28H29N3O5. The Bertz CT molecular complexity index is 1260. The van der Waals surface area contributed by atoms with Crippen LogP contribution in [0.25, 0.3) is 6.08 Å². The third-order valence-electron chi connectivity index (χ3n) is 9.11. The predicted molar refractivity (Wildman–Crippen MR) is 128 cm³/mol. The number of amides is 3. The Kier molecular flexibility index (Phi) is 5.29. The molecule has 6 rings (SSSR count). The maximum atomic E-state index is 13.6. The van der Waals surface area contributed by atoms with E-state index in [2.05, 4.69) is 16.7 Å². The number of methoxy groups -OCH3 is 1. The Hall–Kier alpha value is -3.47. The fourth-order valence-electron chi connectivity index (χ4n) is 7.25. The minimum absolute atomic E-state index is 0.000119. The van der Waals surface area contributed by atoms with Crippen molar-refractivity contribution < 1.29 is 23.9 Å². The Morgan fingerprint density at radius 1 is 1.25 bits per heavy atom. The lowest BCUT2D eigenvalue weighted by molar-refractivity contribution is -0.130. The van der Waals surface area contributed by atoms with E-state index in [0.29, 0.717) is 42.9 Å². The molecule has 1 heterocycles. The van der Waals surface area contributed by atoms with Crippen LogP contribution in [-0.2, 0) is 25.6 Å². The van der Waals surface area contributed by atoms with Crippen molar-refractivity contribution in [1.29, 1.82) is 5.26 Å². The smallest absolute Gasteiger partial charge is 0.248 e. The van der Waals surface area contributed by atoms with Crippen molar-refractivity contribution in [2.24, 2.45) is 35.0 Å². The van der Waals surface area contributed by atoms with Crippen molar-refractivity contribution >= 4 is 29.6 Å². The third kappa shape index (κ3) is 3.56. The highest BCUT2D eigenvalue weighted by Gasteiger charge is 2.67. The summed E-state index contributed by atoms with van der Waals surface area (Å²) >= 11 is 0. The van der Waals surface area contributed by atoms with Gasteiger partial charge >= 0.3 is 0 Å². The normalized spacial score (nSPS) is 32.3. The number of rotatable bonds is 8. The number of carbonyl (C=O) groups is 4. The molecule has 5 aliphatic rings. The van der Waals surface area contributed by atoms with Crippen LogP contribution in [0.2, 0.25) is 0 Å². The van der Waals surface area contributed by atoms with E-state index in [-0.39, 0.29) is 47.7 Å². The maximum absolute atomic E-state index is 13.6. The molecule has 1 aliphatic heterocycles. The number of fused-ring (bicyclic) bond motifs is 6. The minimum atomic E-state index is -0.965. The van der Waals surface area contributed by atoms with Gasteiger partial charge in [0, 0.05) is 24.0 Å². The van der Waals surface area contributed by atoms with E-state index in [1.165, 1.54) is 0 Å². The number of ether oxygens (including phenoxy) is 1. The predicted octanol–water partition coefficient (Wildman–Crippen LogP) is 2.32. The summed E-state index contributed by atoms with van der Waals surface area (Å²) in [7, 11) is 1.60. The van der Waals surface area contributed by atoms with Crippen LogP contribution in [0.5, 0.6) is 5.75 Å². The summed E-state index contributed by atoms with van der Waals surface area (Å²) < 4.78 is 5.42. The quantitative estimate of drug-likeness (QED) is 0.542. The molecule has 0 aromatic heterocycles. The molecule has 8 nitrogen and oxygen atoms in total. The first kappa shape index (κ1) is 23.0. The number of nitriles is 1. The number of hydrogen-bond acceptors (Lipinski definition) is 6. The van der Waals surface area contributed by atoms with E-state index in [4.69, 9.17) is 4.74 Å². The lowest BCUT2D eigenvalue weighted by Gasteiger charge is -2.36. The van der Waals surface area contributed by atoms with E-state index >= 15 is 0 Å². The van der Waals surface area contributed by atoms with Gasteiger partial charge < -0.3 is 10.1 Å². The number of carbonyl (C=O) groups excluding carboxylic acids is 4. The standard InChI is InChI=1S/C28H29N3O5/c1-36-22-4-2-3-15-8-16(9-18(15)22)25(33)30-20(7-14-5-6-14)21(32)12-28(13-29)11-17-10-19(28)24-23(17)26(34)31-27(24)35/h2-4,9,14,17,19-20,23-24H,5-8,10-12H2,1H3,(H,30,33)(H,31,34,35)/t17-,19-,20-,23-,24+,28+/m0/s1. The molecule has 6 atom stereocenters. The lowest BCUT2D eigenvalue weighted by Crippen LogP contribution is -2.46. The summed E-state index contributed by atoms with van der Waals surface area (Å²) in [5.41, 5.74) is 1.52. The van der Waals surface area contributed by atoms with Crippen LogP contribution in [-0.4, -0.2) is 36.7 Å². The van der Waals surface area contributed by atoms with Crippen LogP contribution in [0.4, 0.5) is 0 Å². The van der Waals surface area contributed by atoms with Crippen LogP contribution < -0.4 is 15.4 Å². The van der Waals surface area contributed by atoms with E-state index in [1.807, 2.05) is 24.3 Å². The Balaban J connectivity index is 1.19. The average Bonchev–Trinajstić information content (AvgIpc) is 3.19. The van der Waals surface area contributed by atoms with E-state index in [9.17, 15) is 24.4 Å². The monoisotopic (exact) mass is 487 g/mol. The first-order valence-electron chi connectivity index (χ1n) is 12.8. The molecule has 4 fully saturated rings. The van der Waals surface area contributed by atoms with Gasteiger partial charge in [-0.3, -0.25) is 24.5 Å². The summed E-state index contributed by atoms with van der Waals surface area (Å²) in [4.78, 5) is 51.6. The highest BCUT2D eigenvalue weighted by Crippen LogP contribution is 2.63. The number of Topliss-reactive ketones (excluding diaryl/α,β-unsaturated/α-hetero) is 1. The van der Waals surface area contributed by atoms with Gasteiger partial charge in [0.1, 0.15) is 5.75 Å². The number of ketones is 1. The second-order valence-corrected chi connectivity index (χ2v) is 11.2. The molecule has 36 heavy (non-hydrogen) atoms. The van der Waals surface area contributed by atoms with Crippen LogP contribution in [0, 0.1) is 46.3 Å². The van der Waals surface area contributed by atoms with Crippen LogP contribution in [0.3, 0.4) is 0 Å². The van der Waals surface area contributed by atoms with Gasteiger partial charge in [-0.2, -0.15) is 5.26 Å². The summed E-state index contributed by atoms with van der Waals surface area (Å²) in [6.07, 6.45) is 6.00. The van der Waals surface area contributed by atoms with Gasteiger partial charge in [0.2, 0.25) is 17.7 Å². The molecule has 0 spiro atoms. The maximum Gasteiger partial charge on any atom is 0.248 e. The zero-order valence-corrected chi connectivity index (χ0v) is 20.2. The molecule has 186 valence electrons. The second kappa shape index (κ2) is 8.29. The van der Waals surface area contributed by atoms with Crippen molar-refractivity contribution in [3.8, 4) is 11.8 Å². The van der Waals surface area contributed by atoms with E-state index < -0.39 is 17.4 Å². The SMILES string of the molecule is COc1cccc2c1C=C(C(=O)N[C@@H](CC1CC1)C(=O)C[C@@]1(C#N)C[C@@H]3C[C@H]1[C@H]1C(=O)NC(=O)[C@@H]31)C2. The minimum Gasteiger partial charge on any atom is -0.496 e. The van der Waals surface area contributed by atoms with Crippen molar-refractivity contribution in [2.45, 2.75) is 51.0 Å². The van der Waals surface area contributed by atoms with E-state index in [0.717, 1.165) is 24.0 Å². The average molecular weight is 488 g/mol. The number of nitrogens with one attached hydrogen (secondary N) is 2. The summed E-state index contributed by atoms with van der Waals surface area (Å²) in [5, 5.41) is 15.6. The molecule has 2 N–H and O–H groups in total. The third-order valence-corrected chi connectivity index (χ3v) is 9.11. The van der Waals surface area contributed by atoms with Gasteiger partial charge in [-0.15, -0.1) is 0 Å². The van der Waals surface area contributed by atoms with E-state index in [1.54, 1.807) is 7.11 Å². The molecule has 3 saturated carbocycles. The molecule has 3 amide bonds. The van der Waals surface area contributed by atoms with Gasteiger partial charge in [0.05, 0.1) is 36.5 Å². The molecular weight excluding hydrogens is 458 g/mol. The zero-order valence-electron chi connectivity index (χ0n) is 20.2. The summed E-state index contributed by atoms with van der Waals surface area (Å²) in [5.74, 6) is -1.10. The van der Waals surface area contributed by atoms with Gasteiger partial charge in [0.15, 0.2) is 5.78 Å². The van der Waals surface area contributed by atoms with Gasteiger partial charge in [-0.05, 0) is 54.7 Å². The highest BCUT2D eigenvalue weighted by molar-refractivity contribution is 6.06. The van der Waals surface area contributed by atoms with Crippen molar-refractivity contribution in [2.75, 3.05) is 7.11 Å². The number of imide groups is 1. The lowest BCUT2D eigenvalue weighted by atomic mass is 9.63. The first-order valence-corrected chi connectivity index (χ1v) is 12.8. The topological polar surface area (TPSA) is 125 Å². The number of nitrogens with zero attached hydrogens (tertiary/aromatic N) is 1. The summed E-state index contributed by atoms with van der Waals surface area (Å²) in [6.45, 7) is 0. The fourth-order valence-corrected chi connectivity index (χ4v) is 7.25. The molecule has 1 saturated heterocycles. The van der Waals surface area contributed by atoms with Crippen LogP contribution in [0.1, 0.15) is 49.7 Å². The Morgan fingerprint density at radius 2 is 2.03 bits per heavy atom. The van der Waals surface area contributed by atoms with Gasteiger partial charge in [0.25, 0.3) is 0 Å². The second-order valence-electron chi connectivity index (χ2n) is 11.2. The number of hydrogen-bond donors (Lipinski definition) is 2. The molecule has 4 aliphatic carbocycles. The first-order chi connectivity index (χ1) is 17.3. The zero-order chi connectivity index (χ0) is 25.2. The molecule has 0 radical (unpaired) electrons. The summed E-state index contributed by atoms with van der Waals surface area (Å²) in [6, 6.07) is 7.44. The van der Waals surface area contributed by atoms with Gasteiger partial charge in [-0.1, -0.05) is 25.0 Å². The van der Waals surface area contributed by atoms with Crippen LogP contribution in [0.15, 0.2) is 23.8 Å². The van der Waals surface area contributed by atoms with Crippen molar-refractivity contribution in [3.05, 3.63) is 34.9 Å². The van der Waals surface area contributed by atoms with Gasteiger partial charge in [-0.25, -0.2) is 0 Å². The Labute approximate surface area is 209 Å². The highest BCUT2D eigenvalue weighted by atomic mass is 16.5. The molecule has 2 bridgehead atoms. The van der Waals surface area contributed by atoms with Crippen molar-refractivity contribution in [3.63, 3.8) is 0 Å². The largest absolute Gasteiger partial charge is 0.496 e. The molecule has 0 unspecified atom stereocenters. The number of benzene rings is 1. The molecule has 1 aromatic rings. The Morgan fingerprint density at radius 3 is 2.75 bits per heavy atom.